The Morgan fingerprint density at radius 2 is 1.33 bits per heavy atom. The summed E-state index contributed by atoms with van der Waals surface area (Å²) in [6.45, 7) is 0. The van der Waals surface area contributed by atoms with Crippen molar-refractivity contribution < 1.29 is 0 Å². The molecule has 1 heterocycles. The lowest BCUT2D eigenvalue weighted by Crippen LogP contribution is -2.16. The highest BCUT2D eigenvalue weighted by molar-refractivity contribution is 6.42. The minimum absolute atomic E-state index is 0.198. The highest BCUT2D eigenvalue weighted by Crippen LogP contribution is 2.31. The van der Waals surface area contributed by atoms with Crippen molar-refractivity contribution in [2.45, 2.75) is 0 Å². The first kappa shape index (κ1) is 17.5. The molecule has 0 amide bonds. The predicted molar refractivity (Wildman–Crippen MR) is 110 cm³/mol. The lowest BCUT2D eigenvalue weighted by Gasteiger charge is -2.19. The molecule has 0 aliphatic rings. The number of aromatic nitrogens is 2. The van der Waals surface area contributed by atoms with Crippen LogP contribution in [0.15, 0.2) is 84.9 Å². The van der Waals surface area contributed by atoms with Gasteiger partial charge in [-0.05, 0) is 23.8 Å². The molecule has 0 saturated carbocycles. The van der Waals surface area contributed by atoms with Crippen LogP contribution in [0.5, 0.6) is 0 Å². The van der Waals surface area contributed by atoms with E-state index in [1.807, 2.05) is 77.4 Å². The van der Waals surface area contributed by atoms with Crippen molar-refractivity contribution >= 4 is 23.2 Å². The van der Waals surface area contributed by atoms with Gasteiger partial charge in [0.15, 0.2) is 0 Å². The van der Waals surface area contributed by atoms with E-state index in [0.717, 1.165) is 22.5 Å². The summed E-state index contributed by atoms with van der Waals surface area (Å²) >= 11 is 12.4. The molecule has 1 aromatic heterocycles. The summed E-state index contributed by atoms with van der Waals surface area (Å²) in [4.78, 5) is 4.51. The van der Waals surface area contributed by atoms with E-state index < -0.39 is 0 Å². The Morgan fingerprint density at radius 3 is 1.96 bits per heavy atom. The molecule has 27 heavy (non-hydrogen) atoms. The number of nitrogens with one attached hydrogen (secondary N) is 1. The van der Waals surface area contributed by atoms with E-state index in [1.54, 1.807) is 12.1 Å². The van der Waals surface area contributed by atoms with Gasteiger partial charge in [0.25, 0.3) is 0 Å². The molecule has 3 aromatic carbocycles. The monoisotopic (exact) mass is 391 g/mol. The minimum Gasteiger partial charge on any atom is -0.294 e. The standard InChI is InChI=1S/C22H15Cl2N3/c23-18-12-11-17(13-19(18)24)27-20(15-7-3-1-4-8-15)14-21(25)26-22(27)16-9-5-2-6-10-16/h1-14,25H. The van der Waals surface area contributed by atoms with Crippen LogP contribution in [0.25, 0.3) is 28.3 Å². The summed E-state index contributed by atoms with van der Waals surface area (Å²) in [7, 11) is 0. The van der Waals surface area contributed by atoms with Gasteiger partial charge in [0.1, 0.15) is 11.3 Å². The second kappa shape index (κ2) is 7.39. The van der Waals surface area contributed by atoms with Gasteiger partial charge in [-0.25, -0.2) is 4.98 Å². The number of hydrogen-bond acceptors (Lipinski definition) is 2. The van der Waals surface area contributed by atoms with Crippen LogP contribution in [0.2, 0.25) is 10.0 Å². The molecular formula is C22H15Cl2N3. The van der Waals surface area contributed by atoms with Crippen molar-refractivity contribution in [1.82, 2.24) is 9.55 Å². The number of halogens is 2. The number of rotatable bonds is 3. The Morgan fingerprint density at radius 1 is 0.704 bits per heavy atom. The Bertz CT molecular complexity index is 1090. The van der Waals surface area contributed by atoms with Crippen LogP contribution in [0.4, 0.5) is 0 Å². The summed E-state index contributed by atoms with van der Waals surface area (Å²) in [5.74, 6) is 0.667. The van der Waals surface area contributed by atoms with Gasteiger partial charge in [0, 0.05) is 17.3 Å². The Balaban J connectivity index is 2.09. The molecule has 0 aliphatic carbocycles. The van der Waals surface area contributed by atoms with Crippen molar-refractivity contribution in [3.63, 3.8) is 0 Å². The van der Waals surface area contributed by atoms with E-state index in [9.17, 15) is 0 Å². The van der Waals surface area contributed by atoms with E-state index in [0.29, 0.717) is 15.9 Å². The smallest absolute Gasteiger partial charge is 0.149 e. The Labute approximate surface area is 167 Å². The molecule has 0 saturated heterocycles. The molecule has 5 heteroatoms. The van der Waals surface area contributed by atoms with Crippen LogP contribution >= 0.6 is 23.2 Å². The first-order valence-corrected chi connectivity index (χ1v) is 9.14. The topological polar surface area (TPSA) is 41.7 Å². The number of nitrogens with zero attached hydrogens (tertiary/aromatic N) is 2. The van der Waals surface area contributed by atoms with Crippen molar-refractivity contribution in [1.29, 1.82) is 5.41 Å². The normalized spacial score (nSPS) is 10.7. The molecule has 0 radical (unpaired) electrons. The molecule has 3 nitrogen and oxygen atoms in total. The Hall–Kier alpha value is -2.88. The van der Waals surface area contributed by atoms with E-state index in [2.05, 4.69) is 4.98 Å². The minimum atomic E-state index is 0.198. The molecule has 0 spiro atoms. The predicted octanol–water partition coefficient (Wildman–Crippen LogP) is 5.99. The zero-order valence-electron chi connectivity index (χ0n) is 14.2. The van der Waals surface area contributed by atoms with E-state index in [1.165, 1.54) is 0 Å². The molecule has 0 bridgehead atoms. The van der Waals surface area contributed by atoms with Gasteiger partial charge < -0.3 is 0 Å². The lowest BCUT2D eigenvalue weighted by molar-refractivity contribution is 0.954. The largest absolute Gasteiger partial charge is 0.294 e. The van der Waals surface area contributed by atoms with Gasteiger partial charge in [-0.15, -0.1) is 0 Å². The third-order valence-electron chi connectivity index (χ3n) is 4.22. The average Bonchev–Trinajstić information content (AvgIpc) is 2.71. The second-order valence-electron chi connectivity index (χ2n) is 6.02. The van der Waals surface area contributed by atoms with Crippen LogP contribution in [-0.4, -0.2) is 9.55 Å². The molecule has 0 unspecified atom stereocenters. The van der Waals surface area contributed by atoms with Crippen LogP contribution in [0.3, 0.4) is 0 Å². The van der Waals surface area contributed by atoms with Crippen LogP contribution < -0.4 is 5.49 Å². The van der Waals surface area contributed by atoms with Gasteiger partial charge in [0.05, 0.1) is 15.7 Å². The fraction of sp³-hybridized carbons (Fsp3) is 0. The molecule has 4 rings (SSSR count). The fourth-order valence-electron chi connectivity index (χ4n) is 2.99. The van der Waals surface area contributed by atoms with Gasteiger partial charge in [-0.3, -0.25) is 9.98 Å². The summed E-state index contributed by atoms with van der Waals surface area (Å²) in [6.07, 6.45) is 0. The SMILES string of the molecule is N=c1cc(-c2ccccc2)n(-c2ccc(Cl)c(Cl)c2)c(-c2ccccc2)n1. The summed E-state index contributed by atoms with van der Waals surface area (Å²) in [5.41, 5.74) is 3.78. The van der Waals surface area contributed by atoms with Gasteiger partial charge in [-0.1, -0.05) is 83.9 Å². The van der Waals surface area contributed by atoms with E-state index in [-0.39, 0.29) is 5.49 Å². The molecular weight excluding hydrogens is 377 g/mol. The fourth-order valence-corrected chi connectivity index (χ4v) is 3.28. The maximum absolute atomic E-state index is 8.24. The first-order valence-electron chi connectivity index (χ1n) is 8.38. The highest BCUT2D eigenvalue weighted by Gasteiger charge is 2.15. The van der Waals surface area contributed by atoms with Crippen molar-refractivity contribution in [3.8, 4) is 28.3 Å². The lowest BCUT2D eigenvalue weighted by atomic mass is 10.1. The maximum atomic E-state index is 8.24. The quantitative estimate of drug-likeness (QED) is 0.457. The Kier molecular flexibility index (Phi) is 4.80. The summed E-state index contributed by atoms with van der Waals surface area (Å²) in [5, 5.41) is 9.20. The maximum Gasteiger partial charge on any atom is 0.149 e. The first-order chi connectivity index (χ1) is 13.1. The zero-order valence-corrected chi connectivity index (χ0v) is 15.7. The number of benzene rings is 3. The van der Waals surface area contributed by atoms with Crippen molar-refractivity contribution in [2.75, 3.05) is 0 Å². The molecule has 0 fully saturated rings. The van der Waals surface area contributed by atoms with Gasteiger partial charge in [-0.2, -0.15) is 0 Å². The number of hydrogen-bond donors (Lipinski definition) is 1. The van der Waals surface area contributed by atoms with Crippen LogP contribution in [0, 0.1) is 5.41 Å². The third kappa shape index (κ3) is 3.52. The third-order valence-corrected chi connectivity index (χ3v) is 4.95. The van der Waals surface area contributed by atoms with Crippen molar-refractivity contribution in [2.24, 2.45) is 0 Å². The molecule has 0 atom stereocenters. The van der Waals surface area contributed by atoms with Crippen LogP contribution in [-0.2, 0) is 0 Å². The zero-order chi connectivity index (χ0) is 18.8. The van der Waals surface area contributed by atoms with Gasteiger partial charge in [0.2, 0.25) is 0 Å². The average molecular weight is 392 g/mol. The molecule has 1 N–H and O–H groups in total. The second-order valence-corrected chi connectivity index (χ2v) is 6.83. The molecule has 4 aromatic rings. The highest BCUT2D eigenvalue weighted by atomic mass is 35.5. The van der Waals surface area contributed by atoms with E-state index >= 15 is 0 Å². The van der Waals surface area contributed by atoms with E-state index in [4.69, 9.17) is 28.6 Å². The van der Waals surface area contributed by atoms with Crippen molar-refractivity contribution in [3.05, 3.63) is 100 Å². The van der Waals surface area contributed by atoms with Crippen LogP contribution in [0.1, 0.15) is 0 Å². The molecule has 0 aliphatic heterocycles. The summed E-state index contributed by atoms with van der Waals surface area (Å²) in [6, 6.07) is 27.0. The summed E-state index contributed by atoms with van der Waals surface area (Å²) < 4.78 is 2.00. The van der Waals surface area contributed by atoms with Gasteiger partial charge >= 0.3 is 0 Å². The molecule has 132 valence electrons.